The van der Waals surface area contributed by atoms with E-state index in [9.17, 15) is 0 Å². The van der Waals surface area contributed by atoms with E-state index >= 15 is 0 Å². The molecule has 0 aromatic heterocycles. The van der Waals surface area contributed by atoms with Crippen LogP contribution in [0.5, 0.6) is 0 Å². The summed E-state index contributed by atoms with van der Waals surface area (Å²) in [6.07, 6.45) is 3.88. The van der Waals surface area contributed by atoms with Gasteiger partial charge in [-0.3, -0.25) is 0 Å². The van der Waals surface area contributed by atoms with Gasteiger partial charge in [-0.15, -0.1) is 0 Å². The van der Waals surface area contributed by atoms with Crippen molar-refractivity contribution < 1.29 is 0 Å². The maximum absolute atomic E-state index is 3.93. The van der Waals surface area contributed by atoms with Crippen LogP contribution in [0.1, 0.15) is 18.1 Å². The Hall–Kier alpha value is -1.76. The van der Waals surface area contributed by atoms with Gasteiger partial charge < -0.3 is 4.90 Å². The zero-order valence-corrected chi connectivity index (χ0v) is 10.3. The molecular formula is C15H19N. The van der Waals surface area contributed by atoms with Gasteiger partial charge in [0.1, 0.15) is 0 Å². The number of hydrogen-bond donors (Lipinski definition) is 0. The molecule has 1 aromatic rings. The Morgan fingerprint density at radius 1 is 1.31 bits per heavy atom. The molecule has 1 rings (SSSR count). The van der Waals surface area contributed by atoms with Crippen LogP contribution >= 0.6 is 0 Å². The van der Waals surface area contributed by atoms with Crippen LogP contribution < -0.4 is 0 Å². The monoisotopic (exact) mass is 213 g/mol. The highest BCUT2D eigenvalue weighted by atomic mass is 15.1. The topological polar surface area (TPSA) is 3.24 Å². The SMILES string of the molecule is C=CN(C)/C(=C\C(=C)C)c1ccccc1C. The molecule has 0 aliphatic rings. The molecule has 0 aliphatic carbocycles. The van der Waals surface area contributed by atoms with E-state index in [1.54, 1.807) is 6.20 Å². The number of nitrogens with zero attached hydrogens (tertiary/aromatic N) is 1. The van der Waals surface area contributed by atoms with Crippen LogP contribution in [0.15, 0.2) is 55.3 Å². The second kappa shape index (κ2) is 5.36. The highest BCUT2D eigenvalue weighted by molar-refractivity contribution is 5.69. The lowest BCUT2D eigenvalue weighted by Crippen LogP contribution is -2.09. The van der Waals surface area contributed by atoms with Crippen molar-refractivity contribution in [2.45, 2.75) is 13.8 Å². The molecule has 0 atom stereocenters. The molecule has 0 saturated heterocycles. The van der Waals surface area contributed by atoms with Crippen molar-refractivity contribution >= 4 is 5.70 Å². The quantitative estimate of drug-likeness (QED) is 0.684. The lowest BCUT2D eigenvalue weighted by atomic mass is 10.0. The van der Waals surface area contributed by atoms with E-state index in [0.717, 1.165) is 11.3 Å². The summed E-state index contributed by atoms with van der Waals surface area (Å²) in [6, 6.07) is 8.32. The zero-order chi connectivity index (χ0) is 12.1. The van der Waals surface area contributed by atoms with Gasteiger partial charge in [0.15, 0.2) is 0 Å². The molecule has 1 aromatic carbocycles. The molecule has 0 N–H and O–H groups in total. The first-order chi connectivity index (χ1) is 7.56. The normalized spacial score (nSPS) is 11.1. The number of rotatable bonds is 4. The first-order valence-corrected chi connectivity index (χ1v) is 5.35. The van der Waals surface area contributed by atoms with Crippen LogP contribution in [-0.4, -0.2) is 11.9 Å². The zero-order valence-electron chi connectivity index (χ0n) is 10.3. The first-order valence-electron chi connectivity index (χ1n) is 5.35. The average Bonchev–Trinajstić information content (AvgIpc) is 2.26. The Morgan fingerprint density at radius 2 is 1.94 bits per heavy atom. The second-order valence-electron chi connectivity index (χ2n) is 3.98. The van der Waals surface area contributed by atoms with E-state index < -0.39 is 0 Å². The van der Waals surface area contributed by atoms with Crippen LogP contribution in [0, 0.1) is 6.92 Å². The number of benzene rings is 1. The van der Waals surface area contributed by atoms with Crippen LogP contribution in [0.3, 0.4) is 0 Å². The molecule has 84 valence electrons. The van der Waals surface area contributed by atoms with Crippen LogP contribution in [0.2, 0.25) is 0 Å². The molecule has 0 heterocycles. The number of hydrogen-bond acceptors (Lipinski definition) is 1. The molecular weight excluding hydrogens is 194 g/mol. The molecule has 0 aliphatic heterocycles. The molecule has 1 nitrogen and oxygen atoms in total. The van der Waals surface area contributed by atoms with E-state index in [1.807, 2.05) is 31.0 Å². The standard InChI is InChI=1S/C15H19N/c1-6-16(5)15(11-12(2)3)14-10-8-7-9-13(14)4/h6-11H,1-2H2,3-5H3/b15-11-. The molecule has 1 heteroatoms. The van der Waals surface area contributed by atoms with Crippen molar-refractivity contribution in [1.82, 2.24) is 4.90 Å². The van der Waals surface area contributed by atoms with Crippen LogP contribution in [0.25, 0.3) is 5.70 Å². The molecule has 0 unspecified atom stereocenters. The van der Waals surface area contributed by atoms with E-state index in [-0.39, 0.29) is 0 Å². The van der Waals surface area contributed by atoms with E-state index in [2.05, 4.69) is 38.3 Å². The van der Waals surface area contributed by atoms with Crippen molar-refractivity contribution in [3.05, 3.63) is 66.4 Å². The van der Waals surface area contributed by atoms with Crippen molar-refractivity contribution in [1.29, 1.82) is 0 Å². The molecule has 0 bridgehead atoms. The molecule has 16 heavy (non-hydrogen) atoms. The molecule has 0 saturated carbocycles. The highest BCUT2D eigenvalue weighted by Crippen LogP contribution is 2.22. The van der Waals surface area contributed by atoms with Gasteiger partial charge in [0, 0.05) is 18.3 Å². The van der Waals surface area contributed by atoms with Crippen molar-refractivity contribution in [3.8, 4) is 0 Å². The summed E-state index contributed by atoms with van der Waals surface area (Å²) in [5, 5.41) is 0. The molecule has 0 radical (unpaired) electrons. The van der Waals surface area contributed by atoms with Gasteiger partial charge in [0.25, 0.3) is 0 Å². The minimum Gasteiger partial charge on any atom is -0.351 e. The van der Waals surface area contributed by atoms with Gasteiger partial charge in [-0.05, 0) is 31.7 Å². The summed E-state index contributed by atoms with van der Waals surface area (Å²) in [6.45, 7) is 11.8. The molecule has 0 amide bonds. The summed E-state index contributed by atoms with van der Waals surface area (Å²) in [4.78, 5) is 2.01. The van der Waals surface area contributed by atoms with Gasteiger partial charge in [-0.2, -0.15) is 0 Å². The Bertz CT molecular complexity index is 427. The highest BCUT2D eigenvalue weighted by Gasteiger charge is 2.07. The Morgan fingerprint density at radius 3 is 2.44 bits per heavy atom. The summed E-state index contributed by atoms with van der Waals surface area (Å²) >= 11 is 0. The van der Waals surface area contributed by atoms with E-state index in [0.29, 0.717) is 0 Å². The summed E-state index contributed by atoms with van der Waals surface area (Å²) in [5.74, 6) is 0. The fourth-order valence-electron chi connectivity index (χ4n) is 1.56. The van der Waals surface area contributed by atoms with E-state index in [1.165, 1.54) is 11.1 Å². The third kappa shape index (κ3) is 2.86. The van der Waals surface area contributed by atoms with Gasteiger partial charge in [-0.1, -0.05) is 43.0 Å². The number of aryl methyl sites for hydroxylation is 1. The summed E-state index contributed by atoms with van der Waals surface area (Å²) < 4.78 is 0. The molecule has 0 spiro atoms. The fourth-order valence-corrected chi connectivity index (χ4v) is 1.56. The van der Waals surface area contributed by atoms with E-state index in [4.69, 9.17) is 0 Å². The Kier molecular flexibility index (Phi) is 4.12. The number of allylic oxidation sites excluding steroid dienone is 2. The van der Waals surface area contributed by atoms with Crippen molar-refractivity contribution in [2.24, 2.45) is 0 Å². The van der Waals surface area contributed by atoms with Gasteiger partial charge in [0.05, 0.1) is 0 Å². The second-order valence-corrected chi connectivity index (χ2v) is 3.98. The van der Waals surface area contributed by atoms with Gasteiger partial charge in [-0.25, -0.2) is 0 Å². The molecule has 0 fully saturated rings. The van der Waals surface area contributed by atoms with Crippen LogP contribution in [0.4, 0.5) is 0 Å². The smallest absolute Gasteiger partial charge is 0.0482 e. The van der Waals surface area contributed by atoms with Crippen molar-refractivity contribution in [2.75, 3.05) is 7.05 Å². The maximum atomic E-state index is 3.93. The summed E-state index contributed by atoms with van der Waals surface area (Å²) in [7, 11) is 1.99. The lowest BCUT2D eigenvalue weighted by Gasteiger charge is -2.20. The minimum absolute atomic E-state index is 1.03. The van der Waals surface area contributed by atoms with Crippen LogP contribution in [-0.2, 0) is 0 Å². The van der Waals surface area contributed by atoms with Gasteiger partial charge in [0.2, 0.25) is 0 Å². The van der Waals surface area contributed by atoms with Crippen molar-refractivity contribution in [3.63, 3.8) is 0 Å². The third-order valence-electron chi connectivity index (χ3n) is 2.46. The lowest BCUT2D eigenvalue weighted by molar-refractivity contribution is 0.656. The largest absolute Gasteiger partial charge is 0.351 e. The fraction of sp³-hybridized carbons (Fsp3) is 0.200. The Labute approximate surface area is 98.4 Å². The minimum atomic E-state index is 1.03. The predicted molar refractivity (Wildman–Crippen MR) is 71.9 cm³/mol. The third-order valence-corrected chi connectivity index (χ3v) is 2.46. The Balaban J connectivity index is 3.27. The summed E-state index contributed by atoms with van der Waals surface area (Å²) in [5.41, 5.74) is 4.63. The maximum Gasteiger partial charge on any atom is 0.0482 e. The van der Waals surface area contributed by atoms with Gasteiger partial charge >= 0.3 is 0 Å². The predicted octanol–water partition coefficient (Wildman–Crippen LogP) is 3.99. The first kappa shape index (κ1) is 12.3. The average molecular weight is 213 g/mol.